The van der Waals surface area contributed by atoms with Crippen molar-refractivity contribution in [2.24, 2.45) is 0 Å². The number of hydrogen-bond acceptors (Lipinski definition) is 1. The fourth-order valence-corrected chi connectivity index (χ4v) is 1.84. The summed E-state index contributed by atoms with van der Waals surface area (Å²) in [6.45, 7) is 3.80. The Morgan fingerprint density at radius 1 is 1.23 bits per heavy atom. The van der Waals surface area contributed by atoms with Crippen molar-refractivity contribution in [2.75, 3.05) is 7.05 Å². The van der Waals surface area contributed by atoms with Crippen LogP contribution in [0.2, 0.25) is 0 Å². The molecule has 0 aliphatic rings. The van der Waals surface area contributed by atoms with E-state index >= 15 is 0 Å². The highest BCUT2D eigenvalue weighted by molar-refractivity contribution is 8.18. The van der Waals surface area contributed by atoms with Crippen LogP contribution in [0.5, 0.6) is 0 Å². The van der Waals surface area contributed by atoms with Crippen molar-refractivity contribution in [2.45, 2.75) is 45.6 Å². The largest absolute Gasteiger partial charge is 0.278 e. The SMILES string of the molecule is CCCCC(CC)N(C)S(F)(F)F. The maximum Gasteiger partial charge on any atom is 0.278 e. The van der Waals surface area contributed by atoms with E-state index in [4.69, 9.17) is 0 Å². The minimum absolute atomic E-state index is 0.324. The van der Waals surface area contributed by atoms with Crippen LogP contribution in [-0.2, 0) is 0 Å². The summed E-state index contributed by atoms with van der Waals surface area (Å²) in [5.41, 5.74) is 0. The van der Waals surface area contributed by atoms with Gasteiger partial charge in [0.2, 0.25) is 0 Å². The molecule has 0 amide bonds. The standard InChI is InChI=1S/C8H18F3NS/c1-4-6-7-8(5-2)12(3)13(9,10)11/h8H,4-7H2,1-3H3. The minimum atomic E-state index is -5.01. The molecule has 0 saturated heterocycles. The molecule has 0 aromatic carbocycles. The molecule has 1 unspecified atom stereocenters. The van der Waals surface area contributed by atoms with E-state index in [0.717, 1.165) is 12.8 Å². The molecule has 0 spiro atoms. The normalized spacial score (nSPS) is 16.2. The van der Waals surface area contributed by atoms with Crippen molar-refractivity contribution in [3.05, 3.63) is 0 Å². The summed E-state index contributed by atoms with van der Waals surface area (Å²) >= 11 is -5.01. The van der Waals surface area contributed by atoms with Crippen LogP contribution in [0.3, 0.4) is 0 Å². The molecule has 0 heterocycles. The first-order chi connectivity index (χ1) is 5.93. The first-order valence-electron chi connectivity index (χ1n) is 4.58. The third-order valence-corrected chi connectivity index (χ3v) is 3.15. The number of hydrogen-bond donors (Lipinski definition) is 0. The van der Waals surface area contributed by atoms with Gasteiger partial charge in [0.1, 0.15) is 0 Å². The first kappa shape index (κ1) is 13.1. The van der Waals surface area contributed by atoms with Crippen molar-refractivity contribution in [3.8, 4) is 0 Å². The molecule has 0 aliphatic carbocycles. The summed E-state index contributed by atoms with van der Waals surface area (Å²) in [4.78, 5) is 0. The number of nitrogens with zero attached hydrogens (tertiary/aromatic N) is 1. The lowest BCUT2D eigenvalue weighted by Crippen LogP contribution is -2.29. The second kappa shape index (κ2) is 5.75. The highest BCUT2D eigenvalue weighted by Crippen LogP contribution is 2.57. The molecular weight excluding hydrogens is 199 g/mol. The Morgan fingerprint density at radius 2 is 1.77 bits per heavy atom. The van der Waals surface area contributed by atoms with Gasteiger partial charge in [-0.2, -0.15) is 4.31 Å². The second-order valence-corrected chi connectivity index (χ2v) is 4.47. The lowest BCUT2D eigenvalue weighted by Gasteiger charge is -2.30. The van der Waals surface area contributed by atoms with Crippen LogP contribution in [0.1, 0.15) is 39.5 Å². The molecule has 0 radical (unpaired) electrons. The predicted octanol–water partition coefficient (Wildman–Crippen LogP) is 4.26. The molecule has 0 N–H and O–H groups in total. The molecule has 0 rings (SSSR count). The smallest absolute Gasteiger partial charge is 0.193 e. The minimum Gasteiger partial charge on any atom is -0.193 e. The Bertz CT molecular complexity index is 138. The molecule has 82 valence electrons. The van der Waals surface area contributed by atoms with E-state index < -0.39 is 11.4 Å². The molecule has 0 aromatic heterocycles. The van der Waals surface area contributed by atoms with Crippen molar-refractivity contribution in [1.29, 1.82) is 0 Å². The zero-order valence-corrected chi connectivity index (χ0v) is 9.21. The van der Waals surface area contributed by atoms with Gasteiger partial charge in [0, 0.05) is 13.1 Å². The van der Waals surface area contributed by atoms with E-state index in [9.17, 15) is 11.7 Å². The van der Waals surface area contributed by atoms with E-state index in [0.29, 0.717) is 17.1 Å². The Hall–Kier alpha value is 0.100. The summed E-state index contributed by atoms with van der Waals surface area (Å²) in [5.74, 6) is 0. The topological polar surface area (TPSA) is 3.24 Å². The maximum absolute atomic E-state index is 12.3. The van der Waals surface area contributed by atoms with Gasteiger partial charge in [0.25, 0.3) is 11.4 Å². The molecule has 1 atom stereocenters. The van der Waals surface area contributed by atoms with Crippen LogP contribution in [0.25, 0.3) is 0 Å². The van der Waals surface area contributed by atoms with E-state index in [-0.39, 0.29) is 6.04 Å². The quantitative estimate of drug-likeness (QED) is 0.642. The van der Waals surface area contributed by atoms with Gasteiger partial charge in [-0.05, 0) is 12.8 Å². The van der Waals surface area contributed by atoms with Crippen LogP contribution in [0, 0.1) is 0 Å². The highest BCUT2D eigenvalue weighted by Gasteiger charge is 2.32. The molecule has 0 aromatic rings. The fourth-order valence-electron chi connectivity index (χ4n) is 1.25. The molecule has 13 heavy (non-hydrogen) atoms. The van der Waals surface area contributed by atoms with Crippen LogP contribution < -0.4 is 0 Å². The van der Waals surface area contributed by atoms with Crippen molar-refractivity contribution >= 4 is 11.4 Å². The van der Waals surface area contributed by atoms with Crippen molar-refractivity contribution in [1.82, 2.24) is 4.31 Å². The lowest BCUT2D eigenvalue weighted by molar-refractivity contribution is 0.315. The van der Waals surface area contributed by atoms with Crippen LogP contribution in [0.4, 0.5) is 11.7 Å². The Labute approximate surface area is 80.6 Å². The fraction of sp³-hybridized carbons (Fsp3) is 1.00. The van der Waals surface area contributed by atoms with Gasteiger partial charge >= 0.3 is 0 Å². The first-order valence-corrected chi connectivity index (χ1v) is 5.87. The Morgan fingerprint density at radius 3 is 2.08 bits per heavy atom. The van der Waals surface area contributed by atoms with E-state index in [1.165, 1.54) is 7.05 Å². The molecule has 0 fully saturated rings. The van der Waals surface area contributed by atoms with Gasteiger partial charge < -0.3 is 0 Å². The maximum atomic E-state index is 12.3. The third-order valence-electron chi connectivity index (χ3n) is 2.20. The summed E-state index contributed by atoms with van der Waals surface area (Å²) in [6, 6.07) is -0.324. The van der Waals surface area contributed by atoms with Crippen molar-refractivity contribution in [3.63, 3.8) is 0 Å². The number of rotatable bonds is 6. The number of unbranched alkanes of at least 4 members (excludes halogenated alkanes) is 1. The summed E-state index contributed by atoms with van der Waals surface area (Å²) in [6.07, 6.45) is 3.05. The molecule has 5 heteroatoms. The lowest BCUT2D eigenvalue weighted by atomic mass is 10.1. The van der Waals surface area contributed by atoms with Gasteiger partial charge in [0.15, 0.2) is 0 Å². The molecule has 1 nitrogen and oxygen atoms in total. The average molecular weight is 217 g/mol. The summed E-state index contributed by atoms with van der Waals surface area (Å²) < 4.78 is 37.6. The zero-order valence-electron chi connectivity index (χ0n) is 8.40. The highest BCUT2D eigenvalue weighted by atomic mass is 32.3. The van der Waals surface area contributed by atoms with Crippen LogP contribution in [0.15, 0.2) is 0 Å². The molecular formula is C8H18F3NS. The second-order valence-electron chi connectivity index (χ2n) is 3.13. The van der Waals surface area contributed by atoms with Gasteiger partial charge in [0.05, 0.1) is 0 Å². The van der Waals surface area contributed by atoms with Crippen LogP contribution in [-0.4, -0.2) is 17.4 Å². The Balaban J connectivity index is 4.07. The zero-order chi connectivity index (χ0) is 10.5. The van der Waals surface area contributed by atoms with Crippen molar-refractivity contribution < 1.29 is 11.7 Å². The number of halogens is 3. The van der Waals surface area contributed by atoms with E-state index in [2.05, 4.69) is 0 Å². The van der Waals surface area contributed by atoms with Gasteiger partial charge in [-0.1, -0.05) is 26.7 Å². The predicted molar refractivity (Wildman–Crippen MR) is 52.3 cm³/mol. The third kappa shape index (κ3) is 4.76. The summed E-state index contributed by atoms with van der Waals surface area (Å²) in [5, 5.41) is 0. The molecule has 0 bridgehead atoms. The van der Waals surface area contributed by atoms with Gasteiger partial charge in [-0.3, -0.25) is 0 Å². The Kier molecular flexibility index (Phi) is 5.80. The molecule has 0 saturated carbocycles. The van der Waals surface area contributed by atoms with Crippen LogP contribution >= 0.6 is 11.4 Å². The molecule has 0 aliphatic heterocycles. The van der Waals surface area contributed by atoms with Gasteiger partial charge in [-0.15, -0.1) is 11.7 Å². The monoisotopic (exact) mass is 217 g/mol. The van der Waals surface area contributed by atoms with E-state index in [1.54, 1.807) is 0 Å². The average Bonchev–Trinajstić information content (AvgIpc) is 2.04. The van der Waals surface area contributed by atoms with Gasteiger partial charge in [-0.25, -0.2) is 0 Å². The van der Waals surface area contributed by atoms with E-state index in [1.807, 2.05) is 13.8 Å². The summed E-state index contributed by atoms with van der Waals surface area (Å²) in [7, 11) is 1.17.